The van der Waals surface area contributed by atoms with Crippen LogP contribution < -0.4 is 0 Å². The Labute approximate surface area is 146 Å². The largest absolute Gasteiger partial charge is 0.480 e. The van der Waals surface area contributed by atoms with Crippen molar-refractivity contribution >= 4 is 51.3 Å². The topological polar surface area (TPSA) is 91.8 Å². The van der Waals surface area contributed by atoms with Gasteiger partial charge in [-0.05, 0) is 12.8 Å². The van der Waals surface area contributed by atoms with Crippen molar-refractivity contribution in [3.8, 4) is 0 Å². The predicted molar refractivity (Wildman–Crippen MR) is 92.9 cm³/mol. The number of carbonyl (C=O) groups excluding carboxylic acids is 2. The lowest BCUT2D eigenvalue weighted by Crippen LogP contribution is -2.56. The third-order valence-corrected chi connectivity index (χ3v) is 8.20. The summed E-state index contributed by atoms with van der Waals surface area (Å²) < 4.78 is 11.6. The molecule has 6 nitrogen and oxygen atoms in total. The van der Waals surface area contributed by atoms with Crippen molar-refractivity contribution in [2.24, 2.45) is 5.92 Å². The minimum Gasteiger partial charge on any atom is -0.480 e. The van der Waals surface area contributed by atoms with E-state index in [1.54, 1.807) is 6.92 Å². The normalized spacial score (nSPS) is 32.0. The van der Waals surface area contributed by atoms with Crippen LogP contribution >= 0.6 is 23.5 Å². The molecule has 0 bridgehead atoms. The molecule has 0 saturated carbocycles. The third-order valence-electron chi connectivity index (χ3n) is 4.18. The number of thioether (sulfide) groups is 2. The van der Waals surface area contributed by atoms with Crippen molar-refractivity contribution in [2.75, 3.05) is 23.0 Å². The van der Waals surface area contributed by atoms with Crippen LogP contribution in [0.2, 0.25) is 0 Å². The van der Waals surface area contributed by atoms with E-state index in [0.29, 0.717) is 35.9 Å². The molecule has 1 N–H and O–H groups in total. The van der Waals surface area contributed by atoms with Gasteiger partial charge in [-0.2, -0.15) is 0 Å². The molecule has 0 aromatic heterocycles. The van der Waals surface area contributed by atoms with Gasteiger partial charge in [0.2, 0.25) is 5.91 Å². The molecule has 2 fully saturated rings. The maximum absolute atomic E-state index is 12.9. The molecule has 2 aliphatic rings. The maximum Gasteiger partial charge on any atom is 0.327 e. The third kappa shape index (κ3) is 4.11. The van der Waals surface area contributed by atoms with Crippen molar-refractivity contribution < 1.29 is 23.7 Å². The molecule has 0 aromatic carbocycles. The Balaban J connectivity index is 2.20. The van der Waals surface area contributed by atoms with Gasteiger partial charge in [0.05, 0.1) is 4.87 Å². The van der Waals surface area contributed by atoms with E-state index in [2.05, 4.69) is 0 Å². The van der Waals surface area contributed by atoms with E-state index in [4.69, 9.17) is 0 Å². The van der Waals surface area contributed by atoms with E-state index < -0.39 is 33.6 Å². The van der Waals surface area contributed by atoms with Crippen molar-refractivity contribution in [3.05, 3.63) is 0 Å². The van der Waals surface area contributed by atoms with Gasteiger partial charge in [-0.3, -0.25) is 13.8 Å². The zero-order valence-corrected chi connectivity index (χ0v) is 15.6. The minimum atomic E-state index is -0.999. The van der Waals surface area contributed by atoms with Gasteiger partial charge >= 0.3 is 5.97 Å². The molecule has 2 saturated heterocycles. The second-order valence-electron chi connectivity index (χ2n) is 5.87. The number of carboxylic acids is 1. The second kappa shape index (κ2) is 7.57. The molecule has 1 spiro atoms. The first kappa shape index (κ1) is 18.8. The van der Waals surface area contributed by atoms with Gasteiger partial charge in [0.15, 0.2) is 5.12 Å². The molecule has 23 heavy (non-hydrogen) atoms. The zero-order chi connectivity index (χ0) is 17.2. The minimum absolute atomic E-state index is 0.0574. The molecule has 9 heteroatoms. The van der Waals surface area contributed by atoms with Crippen LogP contribution in [-0.2, 0) is 25.2 Å². The van der Waals surface area contributed by atoms with Crippen molar-refractivity contribution in [3.63, 3.8) is 0 Å². The van der Waals surface area contributed by atoms with Gasteiger partial charge in [-0.1, -0.05) is 18.7 Å². The van der Waals surface area contributed by atoms with Gasteiger partial charge in [0, 0.05) is 46.7 Å². The fourth-order valence-corrected chi connectivity index (χ4v) is 6.74. The second-order valence-corrected chi connectivity index (χ2v) is 10.1. The summed E-state index contributed by atoms with van der Waals surface area (Å²) in [6, 6.07) is -0.844. The monoisotopic (exact) mass is 379 g/mol. The van der Waals surface area contributed by atoms with E-state index in [0.717, 1.165) is 11.8 Å². The summed E-state index contributed by atoms with van der Waals surface area (Å²) >= 11 is 2.58. The Morgan fingerprint density at radius 3 is 2.52 bits per heavy atom. The lowest BCUT2D eigenvalue weighted by Gasteiger charge is -2.42. The number of nitrogens with zero attached hydrogens (tertiary/aromatic N) is 1. The quantitative estimate of drug-likeness (QED) is 0.784. The van der Waals surface area contributed by atoms with Crippen LogP contribution in [0.3, 0.4) is 0 Å². The summed E-state index contributed by atoms with van der Waals surface area (Å²) in [5.41, 5.74) is 0. The van der Waals surface area contributed by atoms with Gasteiger partial charge in [-0.15, -0.1) is 11.8 Å². The summed E-state index contributed by atoms with van der Waals surface area (Å²) in [5.74, 6) is 0.0713. The van der Waals surface area contributed by atoms with Crippen molar-refractivity contribution in [2.45, 2.75) is 37.6 Å². The Kier molecular flexibility index (Phi) is 6.18. The molecule has 130 valence electrons. The molecule has 0 aliphatic carbocycles. The molecule has 0 aromatic rings. The van der Waals surface area contributed by atoms with Crippen molar-refractivity contribution in [1.29, 1.82) is 0 Å². The summed E-state index contributed by atoms with van der Waals surface area (Å²) in [6.07, 6.45) is 1.12. The number of aliphatic carboxylic acids is 1. The Bertz CT molecular complexity index is 529. The molecule has 0 radical (unpaired) electrons. The van der Waals surface area contributed by atoms with Gasteiger partial charge < -0.3 is 10.0 Å². The van der Waals surface area contributed by atoms with E-state index in [1.165, 1.54) is 23.6 Å². The van der Waals surface area contributed by atoms with Gasteiger partial charge in [0.25, 0.3) is 0 Å². The Morgan fingerprint density at radius 2 is 2.00 bits per heavy atom. The number of hydrogen-bond donors (Lipinski definition) is 1. The van der Waals surface area contributed by atoms with E-state index in [-0.39, 0.29) is 11.0 Å². The standard InChI is InChI=1S/C14H21NO5S3/c1-9(7-21-10(2)16)12(17)15-11(13(18)19)8-22-14(15)3-5-23(20)6-4-14/h9,11H,3-8H2,1-2H3,(H,18,19). The smallest absolute Gasteiger partial charge is 0.327 e. The highest BCUT2D eigenvalue weighted by atomic mass is 32.2. The molecule has 2 unspecified atom stereocenters. The predicted octanol–water partition coefficient (Wildman–Crippen LogP) is 1.17. The average molecular weight is 380 g/mol. The number of hydrogen-bond acceptors (Lipinski definition) is 6. The summed E-state index contributed by atoms with van der Waals surface area (Å²) in [6.45, 7) is 3.18. The van der Waals surface area contributed by atoms with Crippen LogP contribution in [0, 0.1) is 5.92 Å². The lowest BCUT2D eigenvalue weighted by atomic mass is 10.0. The lowest BCUT2D eigenvalue weighted by molar-refractivity contribution is -0.153. The Hall–Kier alpha value is -0.540. The number of rotatable bonds is 4. The molecular formula is C14H21NO5S3. The van der Waals surface area contributed by atoms with E-state index >= 15 is 0 Å². The van der Waals surface area contributed by atoms with Gasteiger partial charge in [-0.25, -0.2) is 4.79 Å². The number of carboxylic acid groups (broad SMARTS) is 1. The van der Waals surface area contributed by atoms with Crippen LogP contribution in [0.15, 0.2) is 0 Å². The summed E-state index contributed by atoms with van der Waals surface area (Å²) in [4.78, 5) is 36.5. The fraction of sp³-hybridized carbons (Fsp3) is 0.786. The van der Waals surface area contributed by atoms with Crippen LogP contribution in [0.1, 0.15) is 26.7 Å². The summed E-state index contributed by atoms with van der Waals surface area (Å²) in [5, 5.41) is 9.41. The molecule has 2 rings (SSSR count). The molecule has 1 amide bonds. The maximum atomic E-state index is 12.9. The Morgan fingerprint density at radius 1 is 1.39 bits per heavy atom. The molecular weight excluding hydrogens is 358 g/mol. The zero-order valence-electron chi connectivity index (χ0n) is 13.1. The first-order chi connectivity index (χ1) is 10.8. The average Bonchev–Trinajstić information content (AvgIpc) is 2.86. The fourth-order valence-electron chi connectivity index (χ4n) is 2.91. The van der Waals surface area contributed by atoms with Crippen LogP contribution in [-0.4, -0.2) is 65.1 Å². The summed E-state index contributed by atoms with van der Waals surface area (Å²) in [7, 11) is -0.880. The van der Waals surface area contributed by atoms with Crippen LogP contribution in [0.5, 0.6) is 0 Å². The van der Waals surface area contributed by atoms with Gasteiger partial charge in [0.1, 0.15) is 6.04 Å². The first-order valence-corrected chi connectivity index (χ1v) is 10.9. The first-order valence-electron chi connectivity index (χ1n) is 7.45. The molecule has 2 aliphatic heterocycles. The van der Waals surface area contributed by atoms with E-state index in [1.807, 2.05) is 0 Å². The molecule has 2 heterocycles. The highest BCUT2D eigenvalue weighted by Crippen LogP contribution is 2.47. The SMILES string of the molecule is CC(=O)SCC(C)C(=O)N1C(C(=O)O)CSC12CCS(=O)CC2. The number of carbonyl (C=O) groups is 3. The van der Waals surface area contributed by atoms with Crippen LogP contribution in [0.25, 0.3) is 0 Å². The van der Waals surface area contributed by atoms with Crippen molar-refractivity contribution in [1.82, 2.24) is 4.90 Å². The van der Waals surface area contributed by atoms with E-state index in [9.17, 15) is 23.7 Å². The number of amides is 1. The van der Waals surface area contributed by atoms with Crippen LogP contribution in [0.4, 0.5) is 0 Å². The molecule has 2 atom stereocenters. The highest BCUT2D eigenvalue weighted by Gasteiger charge is 2.53. The highest BCUT2D eigenvalue weighted by molar-refractivity contribution is 8.13.